The van der Waals surface area contributed by atoms with E-state index < -0.39 is 88.5 Å². The first-order valence-electron chi connectivity index (χ1n) is 14.5. The number of amides is 2. The maximum Gasteiger partial charge on any atom is 0.417 e. The number of hydrogen-bond acceptors (Lipinski definition) is 3. The highest BCUT2D eigenvalue weighted by Crippen LogP contribution is 2.46. The van der Waals surface area contributed by atoms with Crippen molar-refractivity contribution in [3.8, 4) is 0 Å². The minimum Gasteiger partial charge on any atom is -0.382 e. The molecule has 2 aliphatic rings. The molecule has 46 heavy (non-hydrogen) atoms. The maximum absolute atomic E-state index is 14.8. The van der Waals surface area contributed by atoms with Gasteiger partial charge in [0.05, 0.1) is 28.5 Å². The second kappa shape index (κ2) is 13.1. The van der Waals surface area contributed by atoms with Crippen LogP contribution in [-0.2, 0) is 11.0 Å². The Hall–Kier alpha value is -3.87. The number of carbonyl (C=O) groups excluding carboxylic acids is 2. The topological polar surface area (TPSA) is 61.4 Å². The van der Waals surface area contributed by atoms with Crippen molar-refractivity contribution in [1.82, 2.24) is 4.90 Å². The second-order valence-electron chi connectivity index (χ2n) is 11.5. The van der Waals surface area contributed by atoms with Crippen LogP contribution in [0.5, 0.6) is 0 Å². The van der Waals surface area contributed by atoms with Crippen molar-refractivity contribution in [3.63, 3.8) is 0 Å². The average Bonchev–Trinajstić information content (AvgIpc) is 3.50. The molecule has 0 spiro atoms. The fraction of sp³-hybridized carbons (Fsp3) is 0.375. The number of likely N-dealkylation sites (tertiary alicyclic amines) is 1. The van der Waals surface area contributed by atoms with Gasteiger partial charge in [-0.1, -0.05) is 42.6 Å². The van der Waals surface area contributed by atoms with Gasteiger partial charge >= 0.3 is 12.4 Å². The molecule has 5 nitrogen and oxygen atoms in total. The van der Waals surface area contributed by atoms with Crippen LogP contribution in [0.15, 0.2) is 60.7 Å². The molecular formula is C32H28ClF8N3O2. The minimum atomic E-state index is -4.94. The van der Waals surface area contributed by atoms with Crippen molar-refractivity contribution in [3.05, 3.63) is 94.0 Å². The van der Waals surface area contributed by atoms with Crippen molar-refractivity contribution >= 4 is 34.8 Å². The second-order valence-corrected chi connectivity index (χ2v) is 11.9. The van der Waals surface area contributed by atoms with E-state index in [1.54, 1.807) is 12.1 Å². The van der Waals surface area contributed by atoms with Crippen LogP contribution < -0.4 is 10.6 Å². The summed E-state index contributed by atoms with van der Waals surface area (Å²) < 4.78 is 113. The van der Waals surface area contributed by atoms with Crippen LogP contribution in [0.2, 0.25) is 5.02 Å². The Morgan fingerprint density at radius 1 is 0.848 bits per heavy atom. The number of halogens is 9. The smallest absolute Gasteiger partial charge is 0.382 e. The van der Waals surface area contributed by atoms with Gasteiger partial charge in [0.2, 0.25) is 5.91 Å². The van der Waals surface area contributed by atoms with Gasteiger partial charge in [-0.3, -0.25) is 9.59 Å². The summed E-state index contributed by atoms with van der Waals surface area (Å²) in [6, 6.07) is 10.0. The van der Waals surface area contributed by atoms with E-state index in [0.717, 1.165) is 56.0 Å². The molecule has 1 saturated heterocycles. The SMILES string of the molecule is O=C(Nc1ccc(Cl)c(C(F)(F)F)c1)[C@H]1C[C@@H](C(F)(F)F)CN(C(=O)c2c(F)cccc2F)C1c1ccc(NC2CCCC2)cc1. The third kappa shape index (κ3) is 7.24. The van der Waals surface area contributed by atoms with E-state index >= 15 is 0 Å². The Morgan fingerprint density at radius 2 is 1.46 bits per heavy atom. The molecule has 14 heteroatoms. The summed E-state index contributed by atoms with van der Waals surface area (Å²) in [7, 11) is 0. The van der Waals surface area contributed by atoms with Crippen LogP contribution in [0.1, 0.15) is 59.6 Å². The van der Waals surface area contributed by atoms with E-state index in [1.165, 1.54) is 12.1 Å². The van der Waals surface area contributed by atoms with Crippen LogP contribution in [0.25, 0.3) is 0 Å². The zero-order valence-corrected chi connectivity index (χ0v) is 24.7. The van der Waals surface area contributed by atoms with E-state index in [0.29, 0.717) is 16.7 Å². The normalized spacial score (nSPS) is 20.9. The number of nitrogens with one attached hydrogen (secondary N) is 2. The summed E-state index contributed by atoms with van der Waals surface area (Å²) in [6.07, 6.45) is -6.69. The van der Waals surface area contributed by atoms with Crippen molar-refractivity contribution in [2.24, 2.45) is 11.8 Å². The van der Waals surface area contributed by atoms with Crippen molar-refractivity contribution in [1.29, 1.82) is 0 Å². The molecule has 0 bridgehead atoms. The number of benzene rings is 3. The van der Waals surface area contributed by atoms with Crippen LogP contribution in [0.3, 0.4) is 0 Å². The Labute approximate surface area is 263 Å². The highest BCUT2D eigenvalue weighted by molar-refractivity contribution is 6.31. The average molecular weight is 674 g/mol. The Bertz CT molecular complexity index is 1570. The molecule has 1 aliphatic carbocycles. The first kappa shape index (κ1) is 33.5. The molecular weight excluding hydrogens is 646 g/mol. The molecule has 1 heterocycles. The number of hydrogen-bond donors (Lipinski definition) is 2. The lowest BCUT2D eigenvalue weighted by Crippen LogP contribution is -2.52. The Balaban J connectivity index is 1.57. The van der Waals surface area contributed by atoms with Crippen LogP contribution in [0.4, 0.5) is 46.5 Å². The van der Waals surface area contributed by atoms with Gasteiger partial charge in [0.15, 0.2) is 0 Å². The quantitative estimate of drug-likeness (QED) is 0.257. The largest absolute Gasteiger partial charge is 0.417 e. The van der Waals surface area contributed by atoms with E-state index in [-0.39, 0.29) is 11.6 Å². The van der Waals surface area contributed by atoms with Gasteiger partial charge < -0.3 is 15.5 Å². The number of anilines is 2. The maximum atomic E-state index is 14.8. The predicted octanol–water partition coefficient (Wildman–Crippen LogP) is 9.01. The first-order valence-corrected chi connectivity index (χ1v) is 14.9. The molecule has 1 saturated carbocycles. The van der Waals surface area contributed by atoms with Gasteiger partial charge in [-0.05, 0) is 67.3 Å². The molecule has 5 rings (SSSR count). The highest BCUT2D eigenvalue weighted by Gasteiger charge is 2.52. The third-order valence-corrected chi connectivity index (χ3v) is 8.76. The number of rotatable bonds is 6. The number of piperidine rings is 1. The van der Waals surface area contributed by atoms with E-state index in [2.05, 4.69) is 10.6 Å². The summed E-state index contributed by atoms with van der Waals surface area (Å²) in [5.41, 5.74) is -1.91. The molecule has 2 fully saturated rings. The van der Waals surface area contributed by atoms with Crippen molar-refractivity contribution in [2.45, 2.75) is 56.5 Å². The minimum absolute atomic E-state index is 0.190. The first-order chi connectivity index (χ1) is 21.6. The monoisotopic (exact) mass is 673 g/mol. The fourth-order valence-corrected chi connectivity index (χ4v) is 6.40. The standard InChI is InChI=1S/C32H28ClF8N3O2/c33-24-13-12-21(15-23(24)32(39,40)41)43-29(45)22-14-18(31(36,37)38)16-44(30(46)27-25(34)6-3-7-26(27)35)28(22)17-8-10-20(11-9-17)42-19-4-1-2-5-19/h3,6-13,15,18-19,22,28,42H,1-2,4-5,14,16H2,(H,43,45)/t18-,22+,28?/m1/s1. The molecule has 1 aliphatic heterocycles. The van der Waals surface area contributed by atoms with E-state index in [4.69, 9.17) is 11.6 Å². The number of nitrogens with zero attached hydrogens (tertiary/aromatic N) is 1. The summed E-state index contributed by atoms with van der Waals surface area (Å²) >= 11 is 5.67. The van der Waals surface area contributed by atoms with Gasteiger partial charge in [-0.15, -0.1) is 0 Å². The lowest BCUT2D eigenvalue weighted by Gasteiger charge is -2.44. The summed E-state index contributed by atoms with van der Waals surface area (Å²) in [4.78, 5) is 28.0. The van der Waals surface area contributed by atoms with Gasteiger partial charge in [-0.25, -0.2) is 8.78 Å². The van der Waals surface area contributed by atoms with Crippen LogP contribution >= 0.6 is 11.6 Å². The van der Waals surface area contributed by atoms with Gasteiger partial charge in [0.1, 0.15) is 17.2 Å². The van der Waals surface area contributed by atoms with Crippen LogP contribution in [0, 0.1) is 23.5 Å². The molecule has 3 aromatic rings. The molecule has 3 aromatic carbocycles. The zero-order valence-electron chi connectivity index (χ0n) is 24.0. The Morgan fingerprint density at radius 3 is 2.04 bits per heavy atom. The summed E-state index contributed by atoms with van der Waals surface area (Å²) in [6.45, 7) is -1.02. The molecule has 1 unspecified atom stereocenters. The van der Waals surface area contributed by atoms with Crippen molar-refractivity contribution < 1.29 is 44.7 Å². The number of carbonyl (C=O) groups is 2. The molecule has 3 atom stereocenters. The van der Waals surface area contributed by atoms with Gasteiger partial charge in [0, 0.05) is 24.0 Å². The zero-order chi connectivity index (χ0) is 33.4. The molecule has 246 valence electrons. The molecule has 0 aromatic heterocycles. The lowest BCUT2D eigenvalue weighted by molar-refractivity contribution is -0.193. The fourth-order valence-electron chi connectivity index (χ4n) is 6.17. The predicted molar refractivity (Wildman–Crippen MR) is 155 cm³/mol. The van der Waals surface area contributed by atoms with Crippen molar-refractivity contribution in [2.75, 3.05) is 17.2 Å². The number of alkyl halides is 6. The van der Waals surface area contributed by atoms with E-state index in [9.17, 15) is 44.7 Å². The van der Waals surface area contributed by atoms with Gasteiger partial charge in [0.25, 0.3) is 5.91 Å². The van der Waals surface area contributed by atoms with E-state index in [1.807, 2.05) is 0 Å². The summed E-state index contributed by atoms with van der Waals surface area (Å²) in [5.74, 6) is -9.15. The molecule has 2 N–H and O–H groups in total. The van der Waals surface area contributed by atoms with Gasteiger partial charge in [-0.2, -0.15) is 26.3 Å². The Kier molecular flexibility index (Phi) is 9.53. The lowest BCUT2D eigenvalue weighted by atomic mass is 9.78. The highest BCUT2D eigenvalue weighted by atomic mass is 35.5. The summed E-state index contributed by atoms with van der Waals surface area (Å²) in [5, 5.41) is 4.93. The van der Waals surface area contributed by atoms with Crippen LogP contribution in [-0.4, -0.2) is 35.5 Å². The molecule has 0 radical (unpaired) electrons. The third-order valence-electron chi connectivity index (χ3n) is 8.43. The molecule has 2 amide bonds.